The van der Waals surface area contributed by atoms with Gasteiger partial charge in [0, 0.05) is 12.0 Å². The van der Waals surface area contributed by atoms with Crippen molar-refractivity contribution in [3.63, 3.8) is 0 Å². The minimum Gasteiger partial charge on any atom is -0.490 e. The van der Waals surface area contributed by atoms with Crippen molar-refractivity contribution >= 4 is 0 Å². The highest BCUT2D eigenvalue weighted by atomic mass is 16.5. The number of aryl methyl sites for hydroxylation is 1. The molecule has 1 aliphatic carbocycles. The number of aliphatic hydroxyl groups is 1. The molecule has 1 aliphatic heterocycles. The summed E-state index contributed by atoms with van der Waals surface area (Å²) in [5.41, 5.74) is 2.15. The largest absolute Gasteiger partial charge is 0.490 e. The van der Waals surface area contributed by atoms with Gasteiger partial charge in [-0.25, -0.2) is 0 Å². The van der Waals surface area contributed by atoms with E-state index >= 15 is 0 Å². The summed E-state index contributed by atoms with van der Waals surface area (Å²) in [6, 6.07) is 6.06. The van der Waals surface area contributed by atoms with E-state index in [1.54, 1.807) is 0 Å². The van der Waals surface area contributed by atoms with Crippen LogP contribution in [0, 0.1) is 12.8 Å². The number of benzene rings is 1. The van der Waals surface area contributed by atoms with Gasteiger partial charge in [0.05, 0.1) is 6.10 Å². The molecule has 0 aromatic heterocycles. The predicted molar refractivity (Wildman–Crippen MR) is 57.9 cm³/mol. The minimum absolute atomic E-state index is 0.246. The third-order valence-corrected chi connectivity index (χ3v) is 3.41. The first-order chi connectivity index (χ1) is 7.24. The monoisotopic (exact) mass is 204 g/mol. The summed E-state index contributed by atoms with van der Waals surface area (Å²) in [4.78, 5) is 0. The first kappa shape index (κ1) is 9.22. The number of aliphatic hydroxyl groups excluding tert-OH is 1. The molecule has 2 atom stereocenters. The van der Waals surface area contributed by atoms with Crippen LogP contribution in [0.5, 0.6) is 5.75 Å². The molecular formula is C13H16O2. The van der Waals surface area contributed by atoms with Crippen LogP contribution in [0.1, 0.15) is 36.5 Å². The summed E-state index contributed by atoms with van der Waals surface area (Å²) in [6.07, 6.45) is 3.20. The lowest BCUT2D eigenvalue weighted by Gasteiger charge is -2.30. The number of fused-ring (bicyclic) bond motifs is 1. The molecule has 1 fully saturated rings. The van der Waals surface area contributed by atoms with Crippen LogP contribution < -0.4 is 4.74 Å². The van der Waals surface area contributed by atoms with E-state index in [2.05, 4.69) is 0 Å². The Hall–Kier alpha value is -1.02. The Morgan fingerprint density at radius 3 is 2.87 bits per heavy atom. The first-order valence-electron chi connectivity index (χ1n) is 5.69. The van der Waals surface area contributed by atoms with E-state index < -0.39 is 0 Å². The van der Waals surface area contributed by atoms with Gasteiger partial charge in [0.15, 0.2) is 0 Å². The van der Waals surface area contributed by atoms with Crippen molar-refractivity contribution in [3.8, 4) is 5.75 Å². The van der Waals surface area contributed by atoms with Crippen molar-refractivity contribution in [2.45, 2.75) is 38.4 Å². The lowest BCUT2D eigenvalue weighted by molar-refractivity contribution is 0.0550. The van der Waals surface area contributed by atoms with Crippen molar-refractivity contribution in [2.75, 3.05) is 0 Å². The molecule has 1 aromatic rings. The van der Waals surface area contributed by atoms with E-state index in [1.165, 1.54) is 18.4 Å². The lowest BCUT2D eigenvalue weighted by atomic mass is 9.95. The normalized spacial score (nSPS) is 29.5. The molecule has 0 bridgehead atoms. The zero-order valence-electron chi connectivity index (χ0n) is 8.94. The number of rotatable bonds is 1. The van der Waals surface area contributed by atoms with Crippen molar-refractivity contribution in [3.05, 3.63) is 29.3 Å². The van der Waals surface area contributed by atoms with Gasteiger partial charge in [-0.2, -0.15) is 0 Å². The van der Waals surface area contributed by atoms with E-state index in [0.29, 0.717) is 5.92 Å². The lowest BCUT2D eigenvalue weighted by Crippen LogP contribution is -2.27. The Morgan fingerprint density at radius 2 is 2.13 bits per heavy atom. The molecule has 3 rings (SSSR count). The maximum atomic E-state index is 10.1. The van der Waals surface area contributed by atoms with Crippen molar-refractivity contribution in [1.82, 2.24) is 0 Å². The van der Waals surface area contributed by atoms with Gasteiger partial charge in [0.25, 0.3) is 0 Å². The zero-order valence-corrected chi connectivity index (χ0v) is 8.94. The highest BCUT2D eigenvalue weighted by Crippen LogP contribution is 2.43. The quantitative estimate of drug-likeness (QED) is 0.762. The van der Waals surface area contributed by atoms with Gasteiger partial charge in [-0.3, -0.25) is 0 Å². The fourth-order valence-corrected chi connectivity index (χ4v) is 2.35. The maximum Gasteiger partial charge on any atom is 0.125 e. The topological polar surface area (TPSA) is 29.5 Å². The smallest absolute Gasteiger partial charge is 0.125 e. The minimum atomic E-state index is -0.334. The zero-order chi connectivity index (χ0) is 10.4. The van der Waals surface area contributed by atoms with Crippen molar-refractivity contribution in [2.24, 2.45) is 5.92 Å². The van der Waals surface area contributed by atoms with Gasteiger partial charge in [0.1, 0.15) is 11.9 Å². The molecular weight excluding hydrogens is 188 g/mol. The molecule has 1 unspecified atom stereocenters. The number of hydrogen-bond donors (Lipinski definition) is 1. The Kier molecular flexibility index (Phi) is 1.99. The van der Waals surface area contributed by atoms with Crippen LogP contribution in [0.2, 0.25) is 0 Å². The average Bonchev–Trinajstić information content (AvgIpc) is 3.02. The van der Waals surface area contributed by atoms with Crippen molar-refractivity contribution in [1.29, 1.82) is 0 Å². The summed E-state index contributed by atoms with van der Waals surface area (Å²) in [6.45, 7) is 2.04. The van der Waals surface area contributed by atoms with Crippen molar-refractivity contribution < 1.29 is 9.84 Å². The number of ether oxygens (including phenoxy) is 1. The van der Waals surface area contributed by atoms with Crippen LogP contribution >= 0.6 is 0 Å². The number of hydrogen-bond acceptors (Lipinski definition) is 2. The van der Waals surface area contributed by atoms with E-state index in [9.17, 15) is 5.11 Å². The summed E-state index contributed by atoms with van der Waals surface area (Å²) in [7, 11) is 0. The SMILES string of the molecule is Cc1ccc2c(c1)[C@H](O)CC(C1CC1)O2. The fourth-order valence-electron chi connectivity index (χ4n) is 2.35. The fraction of sp³-hybridized carbons (Fsp3) is 0.538. The highest BCUT2D eigenvalue weighted by molar-refractivity contribution is 5.40. The van der Waals surface area contributed by atoms with Gasteiger partial charge >= 0.3 is 0 Å². The molecule has 1 heterocycles. The second kappa shape index (κ2) is 3.24. The molecule has 1 saturated carbocycles. The van der Waals surface area contributed by atoms with Crippen LogP contribution in [0.15, 0.2) is 18.2 Å². The second-order valence-electron chi connectivity index (χ2n) is 4.79. The predicted octanol–water partition coefficient (Wildman–Crippen LogP) is 2.59. The summed E-state index contributed by atoms with van der Waals surface area (Å²) in [5, 5.41) is 10.1. The molecule has 1 N–H and O–H groups in total. The van der Waals surface area contributed by atoms with Crippen LogP contribution in [0.25, 0.3) is 0 Å². The molecule has 2 aliphatic rings. The van der Waals surface area contributed by atoms with Crippen LogP contribution in [0.3, 0.4) is 0 Å². The Bertz CT molecular complexity index is 382. The van der Waals surface area contributed by atoms with Gasteiger partial charge in [-0.1, -0.05) is 11.6 Å². The van der Waals surface area contributed by atoms with Gasteiger partial charge in [0.2, 0.25) is 0 Å². The van der Waals surface area contributed by atoms with E-state index in [1.807, 2.05) is 25.1 Å². The van der Waals surface area contributed by atoms with E-state index in [4.69, 9.17) is 4.74 Å². The first-order valence-corrected chi connectivity index (χ1v) is 5.69. The average molecular weight is 204 g/mol. The third-order valence-electron chi connectivity index (χ3n) is 3.41. The Morgan fingerprint density at radius 1 is 1.33 bits per heavy atom. The molecule has 1 aromatic carbocycles. The molecule has 0 saturated heterocycles. The van der Waals surface area contributed by atoms with Crippen LogP contribution in [0.4, 0.5) is 0 Å². The molecule has 0 amide bonds. The molecule has 80 valence electrons. The van der Waals surface area contributed by atoms with Crippen LogP contribution in [-0.4, -0.2) is 11.2 Å². The molecule has 2 heteroatoms. The maximum absolute atomic E-state index is 10.1. The molecule has 0 spiro atoms. The van der Waals surface area contributed by atoms with Gasteiger partial charge in [-0.05, 0) is 37.8 Å². The van der Waals surface area contributed by atoms with Gasteiger partial charge in [-0.15, -0.1) is 0 Å². The molecule has 0 radical (unpaired) electrons. The van der Waals surface area contributed by atoms with E-state index in [0.717, 1.165) is 17.7 Å². The second-order valence-corrected chi connectivity index (χ2v) is 4.79. The summed E-state index contributed by atoms with van der Waals surface area (Å²) < 4.78 is 5.92. The van der Waals surface area contributed by atoms with E-state index in [-0.39, 0.29) is 12.2 Å². The standard InChI is InChI=1S/C13H16O2/c1-8-2-5-12-10(6-8)11(14)7-13(15-12)9-3-4-9/h2,5-6,9,11,13-14H,3-4,7H2,1H3/t11-,13?/m1/s1. The summed E-state index contributed by atoms with van der Waals surface area (Å²) in [5.74, 6) is 1.57. The van der Waals surface area contributed by atoms with Gasteiger partial charge < -0.3 is 9.84 Å². The molecule has 15 heavy (non-hydrogen) atoms. The molecule has 2 nitrogen and oxygen atoms in total. The summed E-state index contributed by atoms with van der Waals surface area (Å²) >= 11 is 0. The highest BCUT2D eigenvalue weighted by Gasteiger charge is 2.38. The third kappa shape index (κ3) is 1.63. The van der Waals surface area contributed by atoms with Crippen LogP contribution in [-0.2, 0) is 0 Å². The Balaban J connectivity index is 1.93. The Labute approximate surface area is 89.9 Å².